The molecule has 1 heterocycles. The maximum absolute atomic E-state index is 5.30. The van der Waals surface area contributed by atoms with Crippen LogP contribution in [0.4, 0.5) is 0 Å². The van der Waals surface area contributed by atoms with Crippen LogP contribution in [0.1, 0.15) is 6.42 Å². The fourth-order valence-electron chi connectivity index (χ4n) is 0.788. The Labute approximate surface area is 44.3 Å². The van der Waals surface area contributed by atoms with Crippen molar-refractivity contribution in [3.63, 3.8) is 0 Å². The summed E-state index contributed by atoms with van der Waals surface area (Å²) in [6, 6.07) is 0. The third-order valence-electron chi connectivity index (χ3n) is 1.39. The second-order valence-corrected chi connectivity index (χ2v) is 1.98. The van der Waals surface area contributed by atoms with Crippen molar-refractivity contribution in [2.45, 2.75) is 6.42 Å². The van der Waals surface area contributed by atoms with Crippen LogP contribution in [0.25, 0.3) is 0 Å². The van der Waals surface area contributed by atoms with Crippen LogP contribution >= 0.6 is 0 Å². The molecule has 0 aromatic carbocycles. The first-order valence-electron chi connectivity index (χ1n) is 2.86. The molecule has 1 aliphatic heterocycles. The summed E-state index contributed by atoms with van der Waals surface area (Å²) in [6.45, 7) is 4.47. The molecule has 0 aromatic rings. The minimum absolute atomic E-state index is 0.819. The first-order chi connectivity index (χ1) is 3.43. The van der Waals surface area contributed by atoms with E-state index in [0.29, 0.717) is 0 Å². The molecule has 1 saturated heterocycles. The summed E-state index contributed by atoms with van der Waals surface area (Å²) in [5.74, 6) is 0. The Morgan fingerprint density at radius 3 is 2.29 bits per heavy atom. The third kappa shape index (κ3) is 1.14. The lowest BCUT2D eigenvalue weighted by Crippen LogP contribution is -2.40. The lowest BCUT2D eigenvalue weighted by Gasteiger charge is -2.29. The molecular weight excluding hydrogens is 88.1 g/mol. The Morgan fingerprint density at radius 1 is 1.43 bits per heavy atom. The molecule has 0 radical (unpaired) electrons. The zero-order valence-electron chi connectivity index (χ0n) is 4.56. The van der Waals surface area contributed by atoms with E-state index in [4.69, 9.17) is 5.73 Å². The van der Waals surface area contributed by atoms with Crippen molar-refractivity contribution in [1.82, 2.24) is 4.90 Å². The Morgan fingerprint density at radius 2 is 2.14 bits per heavy atom. The monoisotopic (exact) mass is 100 g/mol. The van der Waals surface area contributed by atoms with Crippen molar-refractivity contribution >= 4 is 0 Å². The number of nitrogens with zero attached hydrogens (tertiary/aromatic N) is 1. The summed E-state index contributed by atoms with van der Waals surface area (Å²) in [7, 11) is 0. The molecule has 2 heteroatoms. The second kappa shape index (κ2) is 2.28. The zero-order valence-corrected chi connectivity index (χ0v) is 4.56. The van der Waals surface area contributed by atoms with Crippen LogP contribution in [0.2, 0.25) is 0 Å². The fourth-order valence-corrected chi connectivity index (χ4v) is 0.788. The SMILES string of the molecule is NCCN1CCC1. The Bertz CT molecular complexity index is 50.0. The molecule has 2 N–H and O–H groups in total. The molecule has 0 amide bonds. The van der Waals surface area contributed by atoms with Gasteiger partial charge in [-0.1, -0.05) is 0 Å². The van der Waals surface area contributed by atoms with Gasteiger partial charge in [0.05, 0.1) is 0 Å². The fraction of sp³-hybridized carbons (Fsp3) is 1.00. The van der Waals surface area contributed by atoms with Gasteiger partial charge in [-0.25, -0.2) is 0 Å². The van der Waals surface area contributed by atoms with Gasteiger partial charge in [-0.05, 0) is 19.5 Å². The van der Waals surface area contributed by atoms with Crippen molar-refractivity contribution in [3.8, 4) is 0 Å². The number of nitrogens with two attached hydrogens (primary N) is 1. The van der Waals surface area contributed by atoms with E-state index in [1.165, 1.54) is 19.5 Å². The van der Waals surface area contributed by atoms with E-state index in [2.05, 4.69) is 4.90 Å². The maximum atomic E-state index is 5.30. The van der Waals surface area contributed by atoms with Gasteiger partial charge in [0.25, 0.3) is 0 Å². The topological polar surface area (TPSA) is 29.3 Å². The number of rotatable bonds is 2. The van der Waals surface area contributed by atoms with Crippen molar-refractivity contribution in [3.05, 3.63) is 0 Å². The van der Waals surface area contributed by atoms with Crippen LogP contribution in [-0.2, 0) is 0 Å². The van der Waals surface area contributed by atoms with Gasteiger partial charge >= 0.3 is 0 Å². The van der Waals surface area contributed by atoms with E-state index in [-0.39, 0.29) is 0 Å². The van der Waals surface area contributed by atoms with Crippen LogP contribution in [0, 0.1) is 0 Å². The lowest BCUT2D eigenvalue weighted by atomic mass is 10.2. The van der Waals surface area contributed by atoms with Crippen molar-refractivity contribution < 1.29 is 0 Å². The first kappa shape index (κ1) is 5.06. The molecule has 1 rings (SSSR count). The molecule has 0 saturated carbocycles. The normalized spacial score (nSPS) is 21.9. The molecular formula is C5H12N2. The highest BCUT2D eigenvalue weighted by Crippen LogP contribution is 2.02. The average molecular weight is 100 g/mol. The highest BCUT2D eigenvalue weighted by atomic mass is 15.2. The summed E-state index contributed by atoms with van der Waals surface area (Å²) in [4.78, 5) is 2.36. The van der Waals surface area contributed by atoms with Crippen molar-refractivity contribution in [2.24, 2.45) is 5.73 Å². The lowest BCUT2D eigenvalue weighted by molar-refractivity contribution is 0.187. The van der Waals surface area contributed by atoms with Crippen LogP contribution < -0.4 is 5.73 Å². The molecule has 0 aromatic heterocycles. The summed E-state index contributed by atoms with van der Waals surface area (Å²) in [5, 5.41) is 0. The van der Waals surface area contributed by atoms with Crippen molar-refractivity contribution in [2.75, 3.05) is 26.2 Å². The quantitative estimate of drug-likeness (QED) is 0.514. The number of likely N-dealkylation sites (tertiary alicyclic amines) is 1. The number of hydrogen-bond donors (Lipinski definition) is 1. The van der Waals surface area contributed by atoms with E-state index in [0.717, 1.165) is 13.1 Å². The molecule has 0 aliphatic carbocycles. The molecule has 0 unspecified atom stereocenters. The molecule has 1 aliphatic rings. The smallest absolute Gasteiger partial charge is 0.0105 e. The third-order valence-corrected chi connectivity index (χ3v) is 1.39. The number of hydrogen-bond acceptors (Lipinski definition) is 2. The van der Waals surface area contributed by atoms with Gasteiger partial charge in [-0.2, -0.15) is 0 Å². The highest BCUT2D eigenvalue weighted by Gasteiger charge is 2.10. The predicted molar refractivity (Wildman–Crippen MR) is 30.1 cm³/mol. The van der Waals surface area contributed by atoms with Gasteiger partial charge in [0.2, 0.25) is 0 Å². The van der Waals surface area contributed by atoms with Crippen molar-refractivity contribution in [1.29, 1.82) is 0 Å². The Balaban J connectivity index is 1.93. The van der Waals surface area contributed by atoms with Gasteiger partial charge < -0.3 is 10.6 Å². The summed E-state index contributed by atoms with van der Waals surface area (Å²) >= 11 is 0. The average Bonchev–Trinajstić information content (AvgIpc) is 1.55. The Hall–Kier alpha value is -0.0800. The van der Waals surface area contributed by atoms with Crippen LogP contribution in [0.5, 0.6) is 0 Å². The van der Waals surface area contributed by atoms with E-state index < -0.39 is 0 Å². The minimum atomic E-state index is 0.819. The van der Waals surface area contributed by atoms with Crippen LogP contribution in [0.15, 0.2) is 0 Å². The minimum Gasteiger partial charge on any atom is -0.329 e. The van der Waals surface area contributed by atoms with Crippen LogP contribution in [0.3, 0.4) is 0 Å². The second-order valence-electron chi connectivity index (χ2n) is 1.98. The standard InChI is InChI=1S/C5H12N2/c6-2-5-7-3-1-4-7/h1-6H2. The molecule has 0 atom stereocenters. The molecule has 0 bridgehead atoms. The Kier molecular flexibility index (Phi) is 1.65. The van der Waals surface area contributed by atoms with Gasteiger partial charge in [-0.3, -0.25) is 0 Å². The summed E-state index contributed by atoms with van der Waals surface area (Å²) in [6.07, 6.45) is 1.38. The van der Waals surface area contributed by atoms with Gasteiger partial charge in [0.1, 0.15) is 0 Å². The zero-order chi connectivity index (χ0) is 5.11. The predicted octanol–water partition coefficient (Wildman–Crippen LogP) is -0.349. The van der Waals surface area contributed by atoms with E-state index in [1.54, 1.807) is 0 Å². The van der Waals surface area contributed by atoms with E-state index in [1.807, 2.05) is 0 Å². The molecule has 1 fully saturated rings. The highest BCUT2D eigenvalue weighted by molar-refractivity contribution is 4.67. The van der Waals surface area contributed by atoms with E-state index in [9.17, 15) is 0 Å². The molecule has 7 heavy (non-hydrogen) atoms. The summed E-state index contributed by atoms with van der Waals surface area (Å²) in [5.41, 5.74) is 5.30. The van der Waals surface area contributed by atoms with Gasteiger partial charge in [0.15, 0.2) is 0 Å². The molecule has 0 spiro atoms. The van der Waals surface area contributed by atoms with Gasteiger partial charge in [-0.15, -0.1) is 0 Å². The van der Waals surface area contributed by atoms with Crippen LogP contribution in [-0.4, -0.2) is 31.1 Å². The summed E-state index contributed by atoms with van der Waals surface area (Å²) < 4.78 is 0. The van der Waals surface area contributed by atoms with Gasteiger partial charge in [0, 0.05) is 13.1 Å². The molecule has 42 valence electrons. The maximum Gasteiger partial charge on any atom is 0.0105 e. The first-order valence-corrected chi connectivity index (χ1v) is 2.86. The van der Waals surface area contributed by atoms with E-state index >= 15 is 0 Å². The largest absolute Gasteiger partial charge is 0.329 e. The molecule has 2 nitrogen and oxygen atoms in total.